The number of hydrogen-bond donors (Lipinski definition) is 1. The summed E-state index contributed by atoms with van der Waals surface area (Å²) in [7, 11) is 0. The zero-order chi connectivity index (χ0) is 12.9. The maximum absolute atomic E-state index is 5.33. The van der Waals surface area contributed by atoms with Crippen molar-refractivity contribution in [1.29, 1.82) is 0 Å². The number of halogens is 1. The molecule has 0 spiro atoms. The van der Waals surface area contributed by atoms with Gasteiger partial charge in [0.1, 0.15) is 0 Å². The second-order valence-electron chi connectivity index (χ2n) is 5.15. The van der Waals surface area contributed by atoms with Crippen LogP contribution >= 0.6 is 12.4 Å². The average molecular weight is 294 g/mol. The van der Waals surface area contributed by atoms with Gasteiger partial charge in [0.25, 0.3) is 0 Å². The minimum absolute atomic E-state index is 0. The highest BCUT2D eigenvalue weighted by molar-refractivity contribution is 5.85. The Balaban J connectivity index is 0.00000147. The quantitative estimate of drug-likeness (QED) is 0.920. The zero-order valence-electron chi connectivity index (χ0n) is 11.4. The van der Waals surface area contributed by atoms with Crippen molar-refractivity contribution < 1.29 is 4.52 Å². The van der Waals surface area contributed by atoms with Gasteiger partial charge in [-0.15, -0.1) is 12.4 Å². The minimum atomic E-state index is 0. The first-order chi connectivity index (χ1) is 9.40. The molecule has 2 heterocycles. The second-order valence-corrected chi connectivity index (χ2v) is 5.15. The van der Waals surface area contributed by atoms with Crippen LogP contribution in [0.3, 0.4) is 0 Å². The summed E-state index contributed by atoms with van der Waals surface area (Å²) in [6.45, 7) is 2.18. The van der Waals surface area contributed by atoms with Gasteiger partial charge in [0.2, 0.25) is 5.89 Å². The Morgan fingerprint density at radius 1 is 1.20 bits per heavy atom. The van der Waals surface area contributed by atoms with E-state index < -0.39 is 0 Å². The lowest BCUT2D eigenvalue weighted by molar-refractivity contribution is 0.353. The number of hydrogen-bond acceptors (Lipinski definition) is 4. The van der Waals surface area contributed by atoms with Crippen LogP contribution < -0.4 is 5.32 Å². The van der Waals surface area contributed by atoms with E-state index in [-0.39, 0.29) is 12.4 Å². The molecule has 1 aromatic heterocycles. The molecule has 0 radical (unpaired) electrons. The first-order valence-corrected chi connectivity index (χ1v) is 6.96. The van der Waals surface area contributed by atoms with Gasteiger partial charge in [0.15, 0.2) is 5.82 Å². The Kier molecular flexibility index (Phi) is 5.56. The molecule has 1 aliphatic heterocycles. The molecule has 0 bridgehead atoms. The number of benzene rings is 1. The molecule has 1 aliphatic rings. The van der Waals surface area contributed by atoms with Crippen LogP contribution in [0, 0.1) is 5.92 Å². The van der Waals surface area contributed by atoms with Crippen molar-refractivity contribution in [2.45, 2.75) is 25.7 Å². The molecular weight excluding hydrogens is 274 g/mol. The fourth-order valence-corrected chi connectivity index (χ4v) is 2.51. The molecule has 0 amide bonds. The van der Waals surface area contributed by atoms with Crippen molar-refractivity contribution in [3.05, 3.63) is 47.6 Å². The van der Waals surface area contributed by atoms with E-state index >= 15 is 0 Å². The minimum Gasteiger partial charge on any atom is -0.339 e. The third-order valence-corrected chi connectivity index (χ3v) is 3.62. The van der Waals surface area contributed by atoms with Crippen molar-refractivity contribution in [2.24, 2.45) is 5.92 Å². The largest absolute Gasteiger partial charge is 0.339 e. The van der Waals surface area contributed by atoms with Crippen LogP contribution in [0.5, 0.6) is 0 Å². The molecule has 2 aromatic rings. The molecule has 20 heavy (non-hydrogen) atoms. The first kappa shape index (κ1) is 15.0. The van der Waals surface area contributed by atoms with Crippen LogP contribution in [0.25, 0.3) is 0 Å². The van der Waals surface area contributed by atoms with Gasteiger partial charge in [0.05, 0.1) is 0 Å². The van der Waals surface area contributed by atoms with E-state index in [4.69, 9.17) is 4.52 Å². The highest BCUT2D eigenvalue weighted by Gasteiger charge is 2.18. The third-order valence-electron chi connectivity index (χ3n) is 3.62. The summed E-state index contributed by atoms with van der Waals surface area (Å²) >= 11 is 0. The predicted molar refractivity (Wildman–Crippen MR) is 80.1 cm³/mol. The topological polar surface area (TPSA) is 51.0 Å². The Bertz CT molecular complexity index is 509. The van der Waals surface area contributed by atoms with Crippen LogP contribution in [0.15, 0.2) is 34.9 Å². The van der Waals surface area contributed by atoms with Crippen molar-refractivity contribution in [3.8, 4) is 0 Å². The number of nitrogens with one attached hydrogen (secondary N) is 1. The summed E-state index contributed by atoms with van der Waals surface area (Å²) in [5, 5.41) is 7.42. The van der Waals surface area contributed by atoms with Gasteiger partial charge in [-0.25, -0.2) is 0 Å². The van der Waals surface area contributed by atoms with Crippen molar-refractivity contribution >= 4 is 12.4 Å². The lowest BCUT2D eigenvalue weighted by atomic mass is 10.1. The number of nitrogens with zero attached hydrogens (tertiary/aromatic N) is 2. The molecule has 108 valence electrons. The highest BCUT2D eigenvalue weighted by atomic mass is 35.5. The number of aromatic nitrogens is 2. The molecular formula is C15H20ClN3O. The first-order valence-electron chi connectivity index (χ1n) is 6.96. The fraction of sp³-hybridized carbons (Fsp3) is 0.467. The molecule has 1 saturated heterocycles. The molecule has 4 nitrogen and oxygen atoms in total. The van der Waals surface area contributed by atoms with Gasteiger partial charge >= 0.3 is 0 Å². The van der Waals surface area contributed by atoms with Gasteiger partial charge in [-0.3, -0.25) is 0 Å². The lowest BCUT2D eigenvalue weighted by Crippen LogP contribution is -2.10. The second kappa shape index (κ2) is 7.41. The summed E-state index contributed by atoms with van der Waals surface area (Å²) in [5.41, 5.74) is 1.31. The fourth-order valence-electron chi connectivity index (χ4n) is 2.51. The maximum atomic E-state index is 5.33. The number of rotatable bonds is 5. The van der Waals surface area contributed by atoms with Gasteiger partial charge in [-0.2, -0.15) is 4.98 Å². The maximum Gasteiger partial charge on any atom is 0.226 e. The molecule has 3 rings (SSSR count). The Hall–Kier alpha value is -1.39. The average Bonchev–Trinajstić information content (AvgIpc) is 3.10. The lowest BCUT2D eigenvalue weighted by Gasteiger charge is -2.01. The van der Waals surface area contributed by atoms with E-state index in [2.05, 4.69) is 39.7 Å². The number of aryl methyl sites for hydroxylation is 2. The molecule has 1 unspecified atom stereocenters. The van der Waals surface area contributed by atoms with E-state index in [1.807, 2.05) is 6.07 Å². The zero-order valence-corrected chi connectivity index (χ0v) is 12.2. The van der Waals surface area contributed by atoms with Gasteiger partial charge < -0.3 is 9.84 Å². The Morgan fingerprint density at radius 3 is 2.80 bits per heavy atom. The van der Waals surface area contributed by atoms with E-state index in [0.29, 0.717) is 5.92 Å². The summed E-state index contributed by atoms with van der Waals surface area (Å²) in [5.74, 6) is 2.27. The van der Waals surface area contributed by atoms with Crippen LogP contribution in [-0.4, -0.2) is 23.2 Å². The third kappa shape index (κ3) is 4.05. The van der Waals surface area contributed by atoms with Gasteiger partial charge in [-0.1, -0.05) is 35.5 Å². The van der Waals surface area contributed by atoms with Gasteiger partial charge in [-0.05, 0) is 37.4 Å². The normalized spacial score (nSPS) is 17.9. The Morgan fingerprint density at radius 2 is 2.05 bits per heavy atom. The Labute approximate surface area is 125 Å². The monoisotopic (exact) mass is 293 g/mol. The molecule has 5 heteroatoms. The summed E-state index contributed by atoms with van der Waals surface area (Å²) in [6, 6.07) is 10.4. The molecule has 0 saturated carbocycles. The molecule has 0 aliphatic carbocycles. The smallest absolute Gasteiger partial charge is 0.226 e. The molecule has 1 N–H and O–H groups in total. The van der Waals surface area contributed by atoms with Crippen LogP contribution in [0.4, 0.5) is 0 Å². The molecule has 1 fully saturated rings. The SMILES string of the molecule is Cl.c1ccc(CCc2noc(CC3CCNC3)n2)cc1. The van der Waals surface area contributed by atoms with Crippen LogP contribution in [0.2, 0.25) is 0 Å². The standard InChI is InChI=1S/C15H19N3O.ClH/c1-2-4-12(5-3-1)6-7-14-17-15(19-18-14)10-13-8-9-16-11-13;/h1-5,13,16H,6-11H2;1H. The van der Waals surface area contributed by atoms with Crippen molar-refractivity contribution in [1.82, 2.24) is 15.5 Å². The van der Waals surface area contributed by atoms with Crippen LogP contribution in [0.1, 0.15) is 23.7 Å². The van der Waals surface area contributed by atoms with Crippen LogP contribution in [-0.2, 0) is 19.3 Å². The van der Waals surface area contributed by atoms with Crippen molar-refractivity contribution in [2.75, 3.05) is 13.1 Å². The summed E-state index contributed by atoms with van der Waals surface area (Å²) < 4.78 is 5.33. The van der Waals surface area contributed by atoms with Crippen molar-refractivity contribution in [3.63, 3.8) is 0 Å². The molecule has 1 aromatic carbocycles. The van der Waals surface area contributed by atoms with E-state index in [1.54, 1.807) is 0 Å². The highest BCUT2D eigenvalue weighted by Crippen LogP contribution is 2.14. The predicted octanol–water partition coefficient (Wildman–Crippen LogP) is 2.43. The summed E-state index contributed by atoms with van der Waals surface area (Å²) in [6.07, 6.45) is 3.92. The van der Waals surface area contributed by atoms with E-state index in [0.717, 1.165) is 44.1 Å². The van der Waals surface area contributed by atoms with E-state index in [1.165, 1.54) is 12.0 Å². The summed E-state index contributed by atoms with van der Waals surface area (Å²) in [4.78, 5) is 4.48. The molecule has 1 atom stereocenters. The van der Waals surface area contributed by atoms with E-state index in [9.17, 15) is 0 Å². The van der Waals surface area contributed by atoms with Gasteiger partial charge in [0, 0.05) is 12.8 Å².